The Morgan fingerprint density at radius 2 is 2.12 bits per heavy atom. The summed E-state index contributed by atoms with van der Waals surface area (Å²) in [6.45, 7) is 1.10. The SMILES string of the molecule is O=[N+]([O-])c1cnc2ccc(NC[C@H]3COC4(CCCCCC4)O3)nn12. The smallest absolute Gasteiger partial charge is 0.364 e. The van der Waals surface area contributed by atoms with Gasteiger partial charge in [-0.25, -0.2) is 4.98 Å². The molecule has 1 atom stereocenters. The van der Waals surface area contributed by atoms with Gasteiger partial charge in [0, 0.05) is 25.5 Å². The summed E-state index contributed by atoms with van der Waals surface area (Å²) in [6, 6.07) is 3.45. The van der Waals surface area contributed by atoms with Gasteiger partial charge in [-0.05, 0) is 23.8 Å². The van der Waals surface area contributed by atoms with Crippen molar-refractivity contribution in [2.75, 3.05) is 18.5 Å². The van der Waals surface area contributed by atoms with Gasteiger partial charge < -0.3 is 24.9 Å². The molecule has 1 saturated heterocycles. The van der Waals surface area contributed by atoms with Gasteiger partial charge in [0.25, 0.3) is 0 Å². The van der Waals surface area contributed by atoms with E-state index in [0.29, 0.717) is 24.6 Å². The summed E-state index contributed by atoms with van der Waals surface area (Å²) in [5.41, 5.74) is 0.440. The summed E-state index contributed by atoms with van der Waals surface area (Å²) in [7, 11) is 0. The molecule has 0 unspecified atom stereocenters. The lowest BCUT2D eigenvalue weighted by Crippen LogP contribution is -2.31. The van der Waals surface area contributed by atoms with E-state index in [1.165, 1.54) is 23.6 Å². The molecule has 4 rings (SSSR count). The lowest BCUT2D eigenvalue weighted by Gasteiger charge is -2.26. The summed E-state index contributed by atoms with van der Waals surface area (Å²) in [5.74, 6) is -0.0286. The van der Waals surface area contributed by atoms with E-state index < -0.39 is 10.7 Å². The third-order valence-corrected chi connectivity index (χ3v) is 4.82. The van der Waals surface area contributed by atoms with Crippen LogP contribution in [0.2, 0.25) is 0 Å². The fourth-order valence-corrected chi connectivity index (χ4v) is 3.55. The average molecular weight is 347 g/mol. The largest absolute Gasteiger partial charge is 0.368 e. The Bertz CT molecular complexity index is 769. The Morgan fingerprint density at radius 3 is 2.88 bits per heavy atom. The van der Waals surface area contributed by atoms with Crippen LogP contribution < -0.4 is 5.32 Å². The van der Waals surface area contributed by atoms with Crippen LogP contribution >= 0.6 is 0 Å². The highest BCUT2D eigenvalue weighted by molar-refractivity contribution is 5.48. The summed E-state index contributed by atoms with van der Waals surface area (Å²) in [5, 5.41) is 18.4. The first-order valence-electron chi connectivity index (χ1n) is 8.70. The monoisotopic (exact) mass is 347 g/mol. The molecule has 1 aliphatic heterocycles. The van der Waals surface area contributed by atoms with E-state index in [9.17, 15) is 10.1 Å². The molecule has 25 heavy (non-hydrogen) atoms. The molecule has 134 valence electrons. The van der Waals surface area contributed by atoms with Crippen LogP contribution in [-0.4, -0.2) is 44.6 Å². The minimum atomic E-state index is -0.499. The van der Waals surface area contributed by atoms with E-state index in [2.05, 4.69) is 15.4 Å². The van der Waals surface area contributed by atoms with Crippen LogP contribution in [0.3, 0.4) is 0 Å². The number of ether oxygens (including phenoxy) is 2. The van der Waals surface area contributed by atoms with Crippen molar-refractivity contribution in [3.63, 3.8) is 0 Å². The molecule has 0 aromatic carbocycles. The highest BCUT2D eigenvalue weighted by atomic mass is 16.7. The maximum atomic E-state index is 11.0. The minimum absolute atomic E-state index is 0.0478. The molecular formula is C16H21N5O4. The van der Waals surface area contributed by atoms with E-state index in [-0.39, 0.29) is 11.9 Å². The molecule has 0 amide bonds. The van der Waals surface area contributed by atoms with Crippen LogP contribution in [0.5, 0.6) is 0 Å². The standard InChI is InChI=1S/C16H21N5O4/c22-21(23)15-10-18-14-6-5-13(19-20(14)15)17-9-12-11-24-16(25-12)7-3-1-2-4-8-16/h5-6,10,12H,1-4,7-9,11H2,(H,17,19)/t12-/m0/s1. The maximum absolute atomic E-state index is 11.0. The molecule has 9 heteroatoms. The second-order valence-corrected chi connectivity index (χ2v) is 6.62. The van der Waals surface area contributed by atoms with Crippen molar-refractivity contribution in [2.45, 2.75) is 50.4 Å². The van der Waals surface area contributed by atoms with Crippen molar-refractivity contribution >= 4 is 17.3 Å². The predicted molar refractivity (Wildman–Crippen MR) is 89.4 cm³/mol. The van der Waals surface area contributed by atoms with Crippen molar-refractivity contribution in [2.24, 2.45) is 0 Å². The van der Waals surface area contributed by atoms with E-state index in [1.807, 2.05) is 0 Å². The fourth-order valence-electron chi connectivity index (χ4n) is 3.55. The highest BCUT2D eigenvalue weighted by Gasteiger charge is 2.41. The number of nitrogens with zero attached hydrogens (tertiary/aromatic N) is 4. The number of aromatic nitrogens is 3. The first kappa shape index (κ1) is 16.2. The second kappa shape index (κ2) is 6.57. The number of nitro groups is 1. The van der Waals surface area contributed by atoms with Gasteiger partial charge in [-0.3, -0.25) is 0 Å². The summed E-state index contributed by atoms with van der Waals surface area (Å²) in [6.07, 6.45) is 7.83. The van der Waals surface area contributed by atoms with Crippen molar-refractivity contribution in [1.82, 2.24) is 14.6 Å². The Labute approximate surface area is 144 Å². The molecule has 9 nitrogen and oxygen atoms in total. The first-order chi connectivity index (χ1) is 12.2. The zero-order chi connectivity index (χ0) is 17.3. The molecule has 2 aromatic heterocycles. The molecule has 3 heterocycles. The first-order valence-corrected chi connectivity index (χ1v) is 8.70. The topological polar surface area (TPSA) is 104 Å². The predicted octanol–water partition coefficient (Wildman–Crippen LogP) is 2.52. The fraction of sp³-hybridized carbons (Fsp3) is 0.625. The molecule has 0 radical (unpaired) electrons. The molecular weight excluding hydrogens is 326 g/mol. The van der Waals surface area contributed by atoms with Gasteiger partial charge in [-0.2, -0.15) is 0 Å². The van der Waals surface area contributed by atoms with Gasteiger partial charge >= 0.3 is 5.82 Å². The Kier molecular flexibility index (Phi) is 4.26. The van der Waals surface area contributed by atoms with E-state index in [4.69, 9.17) is 9.47 Å². The van der Waals surface area contributed by atoms with Gasteiger partial charge in [0.2, 0.25) is 5.65 Å². The van der Waals surface area contributed by atoms with Gasteiger partial charge in [0.15, 0.2) is 11.6 Å². The number of hydrogen-bond donors (Lipinski definition) is 1. The Hall–Kier alpha value is -2.26. The number of fused-ring (bicyclic) bond motifs is 1. The van der Waals surface area contributed by atoms with E-state index in [0.717, 1.165) is 25.7 Å². The van der Waals surface area contributed by atoms with Crippen LogP contribution in [0.25, 0.3) is 5.65 Å². The third-order valence-electron chi connectivity index (χ3n) is 4.82. The lowest BCUT2D eigenvalue weighted by molar-refractivity contribution is -0.391. The van der Waals surface area contributed by atoms with Crippen molar-refractivity contribution in [1.29, 1.82) is 0 Å². The van der Waals surface area contributed by atoms with Gasteiger partial charge in [0.05, 0.1) is 6.61 Å². The quantitative estimate of drug-likeness (QED) is 0.669. The summed E-state index contributed by atoms with van der Waals surface area (Å²) < 4.78 is 13.4. The normalized spacial score (nSPS) is 23.0. The van der Waals surface area contributed by atoms with Crippen LogP contribution in [0, 0.1) is 10.1 Å². The third kappa shape index (κ3) is 3.29. The number of imidazole rings is 1. The molecule has 2 aliphatic rings. The molecule has 2 fully saturated rings. The molecule has 1 N–H and O–H groups in total. The molecule has 1 saturated carbocycles. The van der Waals surface area contributed by atoms with Crippen molar-refractivity contribution < 1.29 is 14.4 Å². The highest BCUT2D eigenvalue weighted by Crippen LogP contribution is 2.36. The molecule has 0 bridgehead atoms. The second-order valence-electron chi connectivity index (χ2n) is 6.62. The molecule has 1 aliphatic carbocycles. The number of rotatable bonds is 4. The number of nitrogens with one attached hydrogen (secondary N) is 1. The van der Waals surface area contributed by atoms with Crippen LogP contribution in [0.15, 0.2) is 18.3 Å². The molecule has 1 spiro atoms. The average Bonchev–Trinajstić information content (AvgIpc) is 3.12. The van der Waals surface area contributed by atoms with Crippen molar-refractivity contribution in [3.05, 3.63) is 28.4 Å². The van der Waals surface area contributed by atoms with E-state index >= 15 is 0 Å². The van der Waals surface area contributed by atoms with Gasteiger partial charge in [-0.1, -0.05) is 22.5 Å². The zero-order valence-electron chi connectivity index (χ0n) is 13.9. The van der Waals surface area contributed by atoms with Crippen LogP contribution in [0.4, 0.5) is 11.6 Å². The van der Waals surface area contributed by atoms with Gasteiger partial charge in [-0.15, -0.1) is 0 Å². The Morgan fingerprint density at radius 1 is 1.32 bits per heavy atom. The van der Waals surface area contributed by atoms with Crippen LogP contribution in [-0.2, 0) is 9.47 Å². The number of anilines is 1. The van der Waals surface area contributed by atoms with E-state index in [1.54, 1.807) is 12.1 Å². The molecule has 2 aromatic rings. The summed E-state index contributed by atoms with van der Waals surface area (Å²) in [4.78, 5) is 14.5. The summed E-state index contributed by atoms with van der Waals surface area (Å²) >= 11 is 0. The lowest BCUT2D eigenvalue weighted by atomic mass is 10.1. The van der Waals surface area contributed by atoms with Crippen LogP contribution in [0.1, 0.15) is 38.5 Å². The zero-order valence-corrected chi connectivity index (χ0v) is 13.9. The van der Waals surface area contributed by atoms with Gasteiger partial charge in [0.1, 0.15) is 12.3 Å². The number of hydrogen-bond acceptors (Lipinski definition) is 7. The maximum Gasteiger partial charge on any atom is 0.368 e. The van der Waals surface area contributed by atoms with Crippen molar-refractivity contribution in [3.8, 4) is 0 Å². The Balaban J connectivity index is 1.41. The minimum Gasteiger partial charge on any atom is -0.364 e.